The first-order chi connectivity index (χ1) is 49.3. The lowest BCUT2D eigenvalue weighted by atomic mass is 9.73. The van der Waals surface area contributed by atoms with E-state index < -0.39 is 82.5 Å². The van der Waals surface area contributed by atoms with Crippen molar-refractivity contribution in [1.82, 2.24) is 44.6 Å². The van der Waals surface area contributed by atoms with Crippen molar-refractivity contribution in [2.75, 3.05) is 113 Å². The lowest BCUT2D eigenvalue weighted by Crippen LogP contribution is -2.54. The number of fused-ring (bicyclic) bond motifs is 1. The molecule has 550 valence electrons. The first kappa shape index (κ1) is 75.9. The Kier molecular flexibility index (Phi) is 24.8. The summed E-state index contributed by atoms with van der Waals surface area (Å²) in [4.78, 5) is 85.9. The number of carbonyl (C=O) groups is 6. The maximum Gasteiger partial charge on any atom is 0.501 e. The number of hydrogen-bond donors (Lipinski definition) is 4. The molecule has 11 rings (SSSR count). The van der Waals surface area contributed by atoms with Crippen molar-refractivity contribution in [3.8, 4) is 0 Å². The Hall–Kier alpha value is -8.23. The summed E-state index contributed by atoms with van der Waals surface area (Å²) in [5, 5.41) is 17.4. The molecule has 4 N–H and O–H groups in total. The lowest BCUT2D eigenvalue weighted by molar-refractivity contribution is -0.136. The number of sulfone groups is 1. The number of allylic oxidation sites excluding steroid dienone is 1. The Morgan fingerprint density at radius 2 is 1.51 bits per heavy atom. The SMILES string of the molecule is CC1(C)CCC(c2ccc(Cl)cc2)=C(CN2CCN(c3ccc(C(=O)NS(=O)(=O)c4ccc(N[C@@H](CCSc5ccccc5)CCN5CCN(C(=O)CCCn6cc(COCCOCCNc7cccc8c7C(=O)N(C7CCC(=O)NC7=O)C8=O)nn6)CC5)c(S(=O)(=O)C(F)(F)F)c4)cc3)CC2)C1. The quantitative estimate of drug-likeness (QED) is 0.0179. The Bertz CT molecular complexity index is 4330. The average molecular weight is 1500 g/mol. The van der Waals surface area contributed by atoms with Crippen LogP contribution in [-0.2, 0) is 56.9 Å². The van der Waals surface area contributed by atoms with Crippen LogP contribution in [0.15, 0.2) is 142 Å². The number of nitrogens with zero attached hydrogens (tertiary/aromatic N) is 8. The van der Waals surface area contributed by atoms with Gasteiger partial charge in [-0.25, -0.2) is 21.6 Å². The molecular formula is C72H84ClF3N12O12S3. The molecular weight excluding hydrogens is 1410 g/mol. The van der Waals surface area contributed by atoms with Crippen molar-refractivity contribution < 1.29 is 68.2 Å². The zero-order valence-electron chi connectivity index (χ0n) is 57.3. The van der Waals surface area contributed by atoms with E-state index in [1.807, 2.05) is 47.2 Å². The highest BCUT2D eigenvalue weighted by molar-refractivity contribution is 7.99. The molecule has 5 aliphatic rings. The highest BCUT2D eigenvalue weighted by Gasteiger charge is 2.49. The minimum Gasteiger partial charge on any atom is -0.382 e. The van der Waals surface area contributed by atoms with Gasteiger partial charge in [0, 0.05) is 124 Å². The third-order valence-corrected chi connectivity index (χ3v) is 23.3. The molecule has 4 aliphatic heterocycles. The van der Waals surface area contributed by atoms with Crippen LogP contribution in [0.2, 0.25) is 5.02 Å². The van der Waals surface area contributed by atoms with Crippen LogP contribution in [0.4, 0.5) is 30.2 Å². The van der Waals surface area contributed by atoms with E-state index in [0.717, 1.165) is 66.5 Å². The summed E-state index contributed by atoms with van der Waals surface area (Å²) in [5.41, 5.74) is 0.0163. The number of thioether (sulfide) groups is 1. The smallest absolute Gasteiger partial charge is 0.382 e. The monoisotopic (exact) mass is 1500 g/mol. The number of amides is 6. The molecule has 1 aromatic heterocycles. The number of imide groups is 2. The maximum absolute atomic E-state index is 14.6. The molecule has 103 heavy (non-hydrogen) atoms. The Balaban J connectivity index is 0.622. The number of aryl methyl sites for hydroxylation is 1. The predicted octanol–water partition coefficient (Wildman–Crippen LogP) is 9.15. The van der Waals surface area contributed by atoms with Crippen LogP contribution >= 0.6 is 23.4 Å². The molecule has 2 atom stereocenters. The second-order valence-electron chi connectivity index (χ2n) is 26.9. The van der Waals surface area contributed by atoms with E-state index in [-0.39, 0.29) is 73.7 Å². The van der Waals surface area contributed by atoms with Crippen LogP contribution < -0.4 is 25.6 Å². The van der Waals surface area contributed by atoms with Gasteiger partial charge in [0.25, 0.3) is 37.6 Å². The summed E-state index contributed by atoms with van der Waals surface area (Å²) in [5.74, 6) is -2.96. The van der Waals surface area contributed by atoms with Crippen molar-refractivity contribution in [2.24, 2.45) is 5.41 Å². The Morgan fingerprint density at radius 1 is 0.786 bits per heavy atom. The van der Waals surface area contributed by atoms with Gasteiger partial charge in [0.2, 0.25) is 17.7 Å². The van der Waals surface area contributed by atoms with E-state index in [4.69, 9.17) is 21.1 Å². The summed E-state index contributed by atoms with van der Waals surface area (Å²) in [6.45, 7) is 12.4. The topological polar surface area (TPSA) is 284 Å². The molecule has 0 radical (unpaired) electrons. The first-order valence-electron chi connectivity index (χ1n) is 34.4. The van der Waals surface area contributed by atoms with Gasteiger partial charge < -0.3 is 29.9 Å². The van der Waals surface area contributed by atoms with E-state index in [1.54, 1.807) is 40.0 Å². The van der Waals surface area contributed by atoms with Gasteiger partial charge in [-0.15, -0.1) is 16.9 Å². The summed E-state index contributed by atoms with van der Waals surface area (Å²) in [6.07, 6.45) is 6.33. The fourth-order valence-electron chi connectivity index (χ4n) is 13.5. The van der Waals surface area contributed by atoms with Gasteiger partial charge in [0.15, 0.2) is 0 Å². The van der Waals surface area contributed by atoms with Crippen LogP contribution in [0.25, 0.3) is 5.57 Å². The molecule has 1 unspecified atom stereocenters. The summed E-state index contributed by atoms with van der Waals surface area (Å²) in [6, 6.07) is 29.4. The Labute approximate surface area is 606 Å². The van der Waals surface area contributed by atoms with Gasteiger partial charge in [0.1, 0.15) is 16.6 Å². The minimum absolute atomic E-state index is 0.0200. The van der Waals surface area contributed by atoms with E-state index >= 15 is 0 Å². The fourth-order valence-corrected chi connectivity index (χ4v) is 16.6. The number of piperidine rings is 1. The second kappa shape index (κ2) is 33.7. The van der Waals surface area contributed by atoms with Crippen molar-refractivity contribution in [3.05, 3.63) is 160 Å². The van der Waals surface area contributed by atoms with Gasteiger partial charge in [-0.1, -0.05) is 72.6 Å². The van der Waals surface area contributed by atoms with E-state index in [9.17, 15) is 58.8 Å². The number of aromatic nitrogens is 3. The van der Waals surface area contributed by atoms with Crippen LogP contribution in [0.1, 0.15) is 114 Å². The number of alkyl halides is 3. The second-order valence-corrected chi connectivity index (χ2v) is 32.1. The van der Waals surface area contributed by atoms with E-state index in [2.05, 4.69) is 66.9 Å². The maximum atomic E-state index is 14.6. The minimum atomic E-state index is -6.17. The number of halogens is 4. The van der Waals surface area contributed by atoms with Crippen molar-refractivity contribution in [1.29, 1.82) is 0 Å². The van der Waals surface area contributed by atoms with E-state index in [1.165, 1.54) is 46.7 Å². The number of hydrogen-bond acceptors (Lipinski definition) is 20. The summed E-state index contributed by atoms with van der Waals surface area (Å²) < 4.78 is 113. The highest BCUT2D eigenvalue weighted by atomic mass is 35.5. The zero-order valence-corrected chi connectivity index (χ0v) is 60.5. The molecule has 1 aliphatic carbocycles. The Morgan fingerprint density at radius 3 is 2.24 bits per heavy atom. The average Bonchev–Trinajstić information content (AvgIpc) is 1.38. The largest absolute Gasteiger partial charge is 0.501 e. The molecule has 3 fully saturated rings. The van der Waals surface area contributed by atoms with Gasteiger partial charge in [-0.05, 0) is 146 Å². The van der Waals surface area contributed by atoms with Crippen molar-refractivity contribution in [2.45, 2.75) is 117 Å². The summed E-state index contributed by atoms with van der Waals surface area (Å²) in [7, 11) is -11.1. The summed E-state index contributed by atoms with van der Waals surface area (Å²) >= 11 is 7.73. The number of sulfonamides is 1. The number of benzene rings is 5. The number of piperazine rings is 2. The molecule has 6 amide bonds. The molecule has 31 heteroatoms. The van der Waals surface area contributed by atoms with Crippen LogP contribution in [0, 0.1) is 5.41 Å². The number of rotatable bonds is 31. The molecule has 24 nitrogen and oxygen atoms in total. The van der Waals surface area contributed by atoms with E-state index in [0.29, 0.717) is 106 Å². The van der Waals surface area contributed by atoms with Crippen LogP contribution in [0.3, 0.4) is 0 Å². The lowest BCUT2D eigenvalue weighted by Gasteiger charge is -2.39. The zero-order chi connectivity index (χ0) is 73.1. The molecule has 3 saturated heterocycles. The molecule has 0 bridgehead atoms. The third kappa shape index (κ3) is 19.4. The standard InChI is InChI=1S/C72H84ClF3N12O12S3/c1-71(2)28-25-58(49-13-17-52(73)18-14-49)51(45-71)46-84-34-36-85(37-35-84)55-19-15-50(16-20-55)67(91)81-103(97,98)57-21-22-60(63(44-57)102(95,96)72(74,75)76)78-53(27-43-101-56-8-4-3-5-9-56)26-31-83-32-38-86(39-33-83)65(90)12-7-30-87-47-54(80-82-87)48-100-42-41-99-40-29-77-61-11-6-10-59-66(61)70(94)88(69(59)93)62-23-24-64(89)79-68(62)92/h3-6,8-11,13-22,44,47,53,62,77-78H,7,12,23-43,45-46,48H2,1-2H3,(H,81,91)(H,79,89,92)/t53-,62?/m1/s1. The predicted molar refractivity (Wildman–Crippen MR) is 384 cm³/mol. The normalized spacial score (nSPS) is 18.1. The number of nitrogens with one attached hydrogen (secondary N) is 4. The number of carbonyl (C=O) groups excluding carboxylic acids is 6. The van der Waals surface area contributed by atoms with Gasteiger partial charge in [-0.2, -0.15) is 13.2 Å². The number of anilines is 3. The third-order valence-electron chi connectivity index (χ3n) is 19.1. The fraction of sp³-hybridized carbons (Fsp3) is 0.444. The van der Waals surface area contributed by atoms with Gasteiger partial charge in [0.05, 0.1) is 54.3 Å². The first-order valence-corrected chi connectivity index (χ1v) is 38.8. The van der Waals surface area contributed by atoms with Gasteiger partial charge in [-0.3, -0.25) is 53.5 Å². The molecule has 0 saturated carbocycles. The number of ether oxygens (including phenoxy) is 2. The van der Waals surface area contributed by atoms with Crippen molar-refractivity contribution >= 4 is 101 Å². The van der Waals surface area contributed by atoms with Crippen LogP contribution in [0.5, 0.6) is 0 Å². The van der Waals surface area contributed by atoms with Crippen LogP contribution in [-0.4, -0.2) is 202 Å². The molecule has 5 heterocycles. The van der Waals surface area contributed by atoms with Gasteiger partial charge >= 0.3 is 5.51 Å². The molecule has 0 spiro atoms. The highest BCUT2D eigenvalue weighted by Crippen LogP contribution is 2.44. The molecule has 6 aromatic rings. The molecule has 5 aromatic carbocycles. The van der Waals surface area contributed by atoms with Crippen molar-refractivity contribution in [3.63, 3.8) is 0 Å².